The third-order valence-corrected chi connectivity index (χ3v) is 7.52. The van der Waals surface area contributed by atoms with Crippen molar-refractivity contribution in [1.29, 1.82) is 0 Å². The van der Waals surface area contributed by atoms with Crippen LogP contribution in [-0.2, 0) is 11.4 Å². The van der Waals surface area contributed by atoms with E-state index in [1.807, 2.05) is 67.1 Å². The van der Waals surface area contributed by atoms with Gasteiger partial charge in [-0.2, -0.15) is 5.10 Å². The minimum Gasteiger partial charge on any atom is -0.496 e. The van der Waals surface area contributed by atoms with Gasteiger partial charge in [0.1, 0.15) is 18.1 Å². The second-order valence-electron chi connectivity index (χ2n) is 10.8. The first-order valence-electron chi connectivity index (χ1n) is 13.7. The number of nitrogens with zero attached hydrogens (tertiary/aromatic N) is 2. The first kappa shape index (κ1) is 28.2. The molecule has 1 aromatic heterocycles. The lowest BCUT2D eigenvalue weighted by molar-refractivity contribution is -0.137. The molecule has 0 bridgehead atoms. The molecule has 8 heteroatoms. The minimum atomic E-state index is -0.953. The van der Waals surface area contributed by atoms with Crippen LogP contribution in [0.25, 0.3) is 11.3 Å². The topological polar surface area (TPSA) is 103 Å². The Morgan fingerprint density at radius 2 is 1.74 bits per heavy atom. The van der Waals surface area contributed by atoms with Crippen molar-refractivity contribution in [3.8, 4) is 22.8 Å². The number of aromatic nitrogens is 2. The summed E-state index contributed by atoms with van der Waals surface area (Å²) in [6.07, 6.45) is 3.94. The summed E-state index contributed by atoms with van der Waals surface area (Å²) >= 11 is 0. The highest BCUT2D eigenvalue weighted by Crippen LogP contribution is 2.42. The molecule has 208 valence electrons. The van der Waals surface area contributed by atoms with Crippen LogP contribution >= 0.6 is 0 Å². The molecule has 1 aliphatic rings. The standard InChI is InChI=1S/C31H39N3O5/c1-20(2)24(18-29(35)36)32-31(37)25-17-26(34(33-25)23-15-13-21(3)14-16-23)30-27(38-4)11-8-12-28(30)39-19-22-9-6-5-7-10-22/h5-12,17,20-21,23-24H,13-16,18-19H2,1-4H3,(H,32,37)(H,35,36). The van der Waals surface area contributed by atoms with Crippen molar-refractivity contribution in [2.45, 2.75) is 71.6 Å². The summed E-state index contributed by atoms with van der Waals surface area (Å²) in [7, 11) is 1.62. The van der Waals surface area contributed by atoms with Gasteiger partial charge in [-0.25, -0.2) is 0 Å². The molecule has 3 aromatic rings. The number of nitrogens with one attached hydrogen (secondary N) is 1. The minimum absolute atomic E-state index is 0.0429. The third-order valence-electron chi connectivity index (χ3n) is 7.52. The number of aliphatic carboxylic acids is 1. The fraction of sp³-hybridized carbons (Fsp3) is 0.452. The van der Waals surface area contributed by atoms with Crippen LogP contribution < -0.4 is 14.8 Å². The average Bonchev–Trinajstić information content (AvgIpc) is 3.37. The second-order valence-corrected chi connectivity index (χ2v) is 10.8. The zero-order valence-electron chi connectivity index (χ0n) is 23.2. The number of hydrogen-bond donors (Lipinski definition) is 2. The number of hydrogen-bond acceptors (Lipinski definition) is 5. The van der Waals surface area contributed by atoms with Crippen molar-refractivity contribution in [2.75, 3.05) is 7.11 Å². The Bertz CT molecular complexity index is 1260. The van der Waals surface area contributed by atoms with Gasteiger partial charge < -0.3 is 19.9 Å². The molecule has 1 amide bonds. The van der Waals surface area contributed by atoms with E-state index >= 15 is 0 Å². The number of methoxy groups -OCH3 is 1. The molecule has 1 unspecified atom stereocenters. The fourth-order valence-electron chi connectivity index (χ4n) is 5.13. The summed E-state index contributed by atoms with van der Waals surface area (Å²) < 4.78 is 14.0. The van der Waals surface area contributed by atoms with E-state index < -0.39 is 12.0 Å². The van der Waals surface area contributed by atoms with Gasteiger partial charge in [-0.3, -0.25) is 14.3 Å². The van der Waals surface area contributed by atoms with Crippen LogP contribution in [-0.4, -0.2) is 39.9 Å². The Labute approximate surface area is 230 Å². The smallest absolute Gasteiger partial charge is 0.305 e. The van der Waals surface area contributed by atoms with Gasteiger partial charge in [0.25, 0.3) is 5.91 Å². The van der Waals surface area contributed by atoms with Crippen LogP contribution in [0, 0.1) is 11.8 Å². The van der Waals surface area contributed by atoms with Gasteiger partial charge in [0.05, 0.1) is 30.8 Å². The molecule has 39 heavy (non-hydrogen) atoms. The zero-order chi connectivity index (χ0) is 27.9. The predicted molar refractivity (Wildman–Crippen MR) is 150 cm³/mol. The quantitative estimate of drug-likeness (QED) is 0.308. The number of carbonyl (C=O) groups excluding carboxylic acids is 1. The van der Waals surface area contributed by atoms with E-state index in [1.54, 1.807) is 13.2 Å². The first-order valence-corrected chi connectivity index (χ1v) is 13.7. The van der Waals surface area contributed by atoms with Gasteiger partial charge in [-0.05, 0) is 61.3 Å². The van der Waals surface area contributed by atoms with E-state index in [1.165, 1.54) is 0 Å². The van der Waals surface area contributed by atoms with E-state index in [0.717, 1.165) is 42.5 Å². The number of rotatable bonds is 11. The SMILES string of the molecule is COc1cccc(OCc2ccccc2)c1-c1cc(C(=O)NC(CC(=O)O)C(C)C)nn1C1CCC(C)CC1. The number of carbonyl (C=O) groups is 2. The lowest BCUT2D eigenvalue weighted by Crippen LogP contribution is -2.40. The molecule has 1 aliphatic carbocycles. The molecule has 2 aromatic carbocycles. The average molecular weight is 534 g/mol. The molecular weight excluding hydrogens is 494 g/mol. The molecule has 1 saturated carbocycles. The molecule has 1 atom stereocenters. The summed E-state index contributed by atoms with van der Waals surface area (Å²) in [6, 6.07) is 17.0. The molecule has 4 rings (SSSR count). The van der Waals surface area contributed by atoms with E-state index in [2.05, 4.69) is 12.2 Å². The Morgan fingerprint density at radius 1 is 1.05 bits per heavy atom. The molecule has 1 fully saturated rings. The molecule has 0 aliphatic heterocycles. The largest absolute Gasteiger partial charge is 0.496 e. The van der Waals surface area contributed by atoms with E-state index in [4.69, 9.17) is 14.6 Å². The lowest BCUT2D eigenvalue weighted by atomic mass is 9.87. The highest BCUT2D eigenvalue weighted by atomic mass is 16.5. The van der Waals surface area contributed by atoms with Crippen molar-refractivity contribution in [2.24, 2.45) is 11.8 Å². The lowest BCUT2D eigenvalue weighted by Gasteiger charge is -2.28. The summed E-state index contributed by atoms with van der Waals surface area (Å²) in [5, 5.41) is 17.0. The van der Waals surface area contributed by atoms with Crippen molar-refractivity contribution in [1.82, 2.24) is 15.1 Å². The van der Waals surface area contributed by atoms with Crippen LogP contribution in [0.2, 0.25) is 0 Å². The maximum Gasteiger partial charge on any atom is 0.305 e. The summed E-state index contributed by atoms with van der Waals surface area (Å²) in [6.45, 7) is 6.44. The summed E-state index contributed by atoms with van der Waals surface area (Å²) in [5.41, 5.74) is 2.78. The van der Waals surface area contributed by atoms with Crippen LogP contribution in [0.5, 0.6) is 11.5 Å². The number of ether oxygens (including phenoxy) is 2. The van der Waals surface area contributed by atoms with Gasteiger partial charge in [0.15, 0.2) is 5.69 Å². The van der Waals surface area contributed by atoms with Crippen molar-refractivity contribution >= 4 is 11.9 Å². The van der Waals surface area contributed by atoms with Crippen molar-refractivity contribution < 1.29 is 24.2 Å². The molecule has 0 radical (unpaired) electrons. The molecule has 0 saturated heterocycles. The number of carboxylic acids is 1. The Kier molecular flexibility index (Phi) is 9.28. The van der Waals surface area contributed by atoms with Gasteiger partial charge >= 0.3 is 5.97 Å². The number of carboxylic acid groups (broad SMARTS) is 1. The van der Waals surface area contributed by atoms with Crippen molar-refractivity contribution in [3.63, 3.8) is 0 Å². The van der Waals surface area contributed by atoms with E-state index in [9.17, 15) is 14.7 Å². The zero-order valence-corrected chi connectivity index (χ0v) is 23.2. The molecule has 1 heterocycles. The van der Waals surface area contributed by atoms with Gasteiger partial charge in [-0.15, -0.1) is 0 Å². The van der Waals surface area contributed by atoms with Gasteiger partial charge in [0.2, 0.25) is 0 Å². The number of amides is 1. The van der Waals surface area contributed by atoms with Gasteiger partial charge in [-0.1, -0.05) is 57.2 Å². The predicted octanol–water partition coefficient (Wildman–Crippen LogP) is 6.12. The van der Waals surface area contributed by atoms with Crippen LogP contribution in [0.4, 0.5) is 0 Å². The maximum absolute atomic E-state index is 13.4. The fourth-order valence-corrected chi connectivity index (χ4v) is 5.13. The van der Waals surface area contributed by atoms with E-state index in [0.29, 0.717) is 24.0 Å². The van der Waals surface area contributed by atoms with Gasteiger partial charge in [0, 0.05) is 6.04 Å². The highest BCUT2D eigenvalue weighted by molar-refractivity contribution is 5.94. The van der Waals surface area contributed by atoms with Crippen LogP contribution in [0.15, 0.2) is 54.6 Å². The Balaban J connectivity index is 1.74. The summed E-state index contributed by atoms with van der Waals surface area (Å²) in [4.78, 5) is 24.8. The van der Waals surface area contributed by atoms with Crippen LogP contribution in [0.1, 0.15) is 75.0 Å². The number of benzene rings is 2. The highest BCUT2D eigenvalue weighted by Gasteiger charge is 2.29. The summed E-state index contributed by atoms with van der Waals surface area (Å²) in [5.74, 6) is 0.539. The maximum atomic E-state index is 13.4. The second kappa shape index (κ2) is 12.8. The molecule has 0 spiro atoms. The normalized spacial score (nSPS) is 18.0. The Morgan fingerprint density at radius 3 is 2.38 bits per heavy atom. The van der Waals surface area contributed by atoms with Crippen molar-refractivity contribution in [3.05, 3.63) is 65.9 Å². The molecular formula is C31H39N3O5. The monoisotopic (exact) mass is 533 g/mol. The van der Waals surface area contributed by atoms with Crippen LogP contribution in [0.3, 0.4) is 0 Å². The Hall–Kier alpha value is -3.81. The molecule has 8 nitrogen and oxygen atoms in total. The first-order chi connectivity index (χ1) is 18.8. The molecule has 2 N–H and O–H groups in total. The third kappa shape index (κ3) is 6.99. The van der Waals surface area contributed by atoms with E-state index in [-0.39, 0.29) is 30.0 Å².